The largest absolute Gasteiger partial charge is 0.497 e. The summed E-state index contributed by atoms with van der Waals surface area (Å²) in [7, 11) is -2.17. The molecule has 1 amide bonds. The lowest BCUT2D eigenvalue weighted by atomic mass is 10.1. The second-order valence-electron chi connectivity index (χ2n) is 6.08. The highest BCUT2D eigenvalue weighted by Crippen LogP contribution is 2.25. The van der Waals surface area contributed by atoms with Crippen molar-refractivity contribution in [3.8, 4) is 5.75 Å². The van der Waals surface area contributed by atoms with Crippen molar-refractivity contribution >= 4 is 21.6 Å². The summed E-state index contributed by atoms with van der Waals surface area (Å²) in [6, 6.07) is 15.0. The van der Waals surface area contributed by atoms with Gasteiger partial charge in [0.05, 0.1) is 25.1 Å². The molecule has 1 N–H and O–H groups in total. The Morgan fingerprint density at radius 1 is 1.08 bits per heavy atom. The van der Waals surface area contributed by atoms with Crippen LogP contribution < -0.4 is 14.4 Å². The van der Waals surface area contributed by atoms with Gasteiger partial charge in [-0.05, 0) is 31.5 Å². The van der Waals surface area contributed by atoms with Crippen molar-refractivity contribution in [3.05, 3.63) is 60.2 Å². The molecule has 0 fully saturated rings. The number of benzene rings is 2. The van der Waals surface area contributed by atoms with Crippen LogP contribution in [-0.4, -0.2) is 33.7 Å². The molecule has 2 aromatic rings. The molecule has 2 atom stereocenters. The molecule has 0 spiro atoms. The molecular weight excluding hydrogens is 352 g/mol. The van der Waals surface area contributed by atoms with E-state index in [2.05, 4.69) is 5.32 Å². The highest BCUT2D eigenvalue weighted by Gasteiger charge is 2.30. The maximum absolute atomic E-state index is 12.7. The lowest BCUT2D eigenvalue weighted by molar-refractivity contribution is -0.122. The van der Waals surface area contributed by atoms with E-state index in [-0.39, 0.29) is 11.9 Å². The van der Waals surface area contributed by atoms with Gasteiger partial charge in [0.25, 0.3) is 0 Å². The van der Waals surface area contributed by atoms with E-state index in [4.69, 9.17) is 4.74 Å². The maximum atomic E-state index is 12.7. The van der Waals surface area contributed by atoms with Crippen LogP contribution in [0.25, 0.3) is 0 Å². The van der Waals surface area contributed by atoms with E-state index in [0.29, 0.717) is 11.4 Å². The summed E-state index contributed by atoms with van der Waals surface area (Å²) in [4.78, 5) is 12.7. The van der Waals surface area contributed by atoms with Crippen molar-refractivity contribution in [2.75, 3.05) is 17.7 Å². The Hall–Kier alpha value is -2.54. The smallest absolute Gasteiger partial charge is 0.244 e. The van der Waals surface area contributed by atoms with Crippen LogP contribution in [0.2, 0.25) is 0 Å². The number of amides is 1. The zero-order valence-corrected chi connectivity index (χ0v) is 16.2. The molecule has 0 heterocycles. The maximum Gasteiger partial charge on any atom is 0.244 e. The number of carbonyl (C=O) groups is 1. The number of rotatable bonds is 7. The quantitative estimate of drug-likeness (QED) is 0.806. The average molecular weight is 376 g/mol. The van der Waals surface area contributed by atoms with Crippen LogP contribution in [0, 0.1) is 0 Å². The molecule has 2 rings (SSSR count). The molecule has 7 heteroatoms. The molecule has 0 aliphatic heterocycles. The Bertz CT molecular complexity index is 853. The van der Waals surface area contributed by atoms with E-state index in [1.165, 1.54) is 7.11 Å². The highest BCUT2D eigenvalue weighted by atomic mass is 32.2. The zero-order chi connectivity index (χ0) is 19.3. The van der Waals surface area contributed by atoms with E-state index in [9.17, 15) is 13.2 Å². The van der Waals surface area contributed by atoms with Crippen LogP contribution in [0.5, 0.6) is 5.75 Å². The number of anilines is 1. The van der Waals surface area contributed by atoms with Gasteiger partial charge in [-0.3, -0.25) is 9.10 Å². The van der Waals surface area contributed by atoms with Crippen molar-refractivity contribution in [1.29, 1.82) is 0 Å². The van der Waals surface area contributed by atoms with Crippen LogP contribution in [0.1, 0.15) is 25.5 Å². The van der Waals surface area contributed by atoms with Crippen LogP contribution in [-0.2, 0) is 14.8 Å². The number of methoxy groups -OCH3 is 1. The summed E-state index contributed by atoms with van der Waals surface area (Å²) >= 11 is 0. The summed E-state index contributed by atoms with van der Waals surface area (Å²) in [5.74, 6) is 0.135. The fourth-order valence-corrected chi connectivity index (χ4v) is 3.88. The molecule has 0 aliphatic carbocycles. The van der Waals surface area contributed by atoms with Crippen molar-refractivity contribution in [2.24, 2.45) is 0 Å². The Morgan fingerprint density at radius 2 is 1.73 bits per heavy atom. The number of sulfonamides is 1. The first-order valence-corrected chi connectivity index (χ1v) is 10.1. The standard InChI is InChI=1S/C19H24N2O4S/c1-14(16-9-6-5-7-10-16)20-19(22)15(2)21(26(4,23)24)17-11-8-12-18(13-17)25-3/h5-15H,1-4H3,(H,20,22)/t14-,15+/m0/s1. The first-order chi connectivity index (χ1) is 12.2. The van der Waals surface area contributed by atoms with Crippen molar-refractivity contribution in [3.63, 3.8) is 0 Å². The average Bonchev–Trinajstić information content (AvgIpc) is 2.61. The molecular formula is C19H24N2O4S. The van der Waals surface area contributed by atoms with Gasteiger partial charge in [-0.25, -0.2) is 8.42 Å². The van der Waals surface area contributed by atoms with Crippen LogP contribution in [0.15, 0.2) is 54.6 Å². The monoisotopic (exact) mass is 376 g/mol. The van der Waals surface area contributed by atoms with Gasteiger partial charge in [-0.2, -0.15) is 0 Å². The van der Waals surface area contributed by atoms with Crippen molar-refractivity contribution in [2.45, 2.75) is 25.9 Å². The minimum absolute atomic E-state index is 0.238. The van der Waals surface area contributed by atoms with Crippen molar-refractivity contribution in [1.82, 2.24) is 5.32 Å². The molecule has 0 aliphatic rings. The van der Waals surface area contributed by atoms with Gasteiger partial charge >= 0.3 is 0 Å². The second-order valence-corrected chi connectivity index (χ2v) is 7.94. The third-order valence-corrected chi connectivity index (χ3v) is 5.30. The number of ether oxygens (including phenoxy) is 1. The van der Waals surface area contributed by atoms with Gasteiger partial charge < -0.3 is 10.1 Å². The van der Waals surface area contributed by atoms with Crippen LogP contribution in [0.3, 0.4) is 0 Å². The summed E-state index contributed by atoms with van der Waals surface area (Å²) < 4.78 is 30.9. The van der Waals surface area contributed by atoms with E-state index in [1.54, 1.807) is 31.2 Å². The molecule has 26 heavy (non-hydrogen) atoms. The van der Waals surface area contributed by atoms with E-state index in [1.807, 2.05) is 37.3 Å². The fraction of sp³-hybridized carbons (Fsp3) is 0.316. The summed E-state index contributed by atoms with van der Waals surface area (Å²) in [6.45, 7) is 3.42. The topological polar surface area (TPSA) is 75.7 Å². The van der Waals surface area contributed by atoms with Gasteiger partial charge in [0.2, 0.25) is 15.9 Å². The number of carbonyl (C=O) groups excluding carboxylic acids is 1. The van der Waals surface area contributed by atoms with Gasteiger partial charge in [0, 0.05) is 6.07 Å². The van der Waals surface area contributed by atoms with Crippen LogP contribution in [0.4, 0.5) is 5.69 Å². The molecule has 0 saturated carbocycles. The Kier molecular flexibility index (Phi) is 6.26. The molecule has 140 valence electrons. The molecule has 6 nitrogen and oxygen atoms in total. The minimum atomic E-state index is -3.67. The van der Waals surface area contributed by atoms with Crippen molar-refractivity contribution < 1.29 is 17.9 Å². The van der Waals surface area contributed by atoms with Gasteiger partial charge in [0.15, 0.2) is 0 Å². The summed E-state index contributed by atoms with van der Waals surface area (Å²) in [6.07, 6.45) is 1.08. The zero-order valence-electron chi connectivity index (χ0n) is 15.3. The molecule has 0 unspecified atom stereocenters. The Morgan fingerprint density at radius 3 is 2.31 bits per heavy atom. The number of hydrogen-bond donors (Lipinski definition) is 1. The third-order valence-electron chi connectivity index (χ3n) is 4.05. The number of nitrogens with one attached hydrogen (secondary N) is 1. The highest BCUT2D eigenvalue weighted by molar-refractivity contribution is 7.92. The molecule has 0 aromatic heterocycles. The lowest BCUT2D eigenvalue weighted by Crippen LogP contribution is -2.48. The van der Waals surface area contributed by atoms with Crippen LogP contribution >= 0.6 is 0 Å². The normalized spacial score (nSPS) is 13.5. The Balaban J connectivity index is 2.26. The van der Waals surface area contributed by atoms with E-state index < -0.39 is 16.1 Å². The summed E-state index contributed by atoms with van der Waals surface area (Å²) in [5.41, 5.74) is 1.32. The van der Waals surface area contributed by atoms with E-state index in [0.717, 1.165) is 16.1 Å². The third kappa shape index (κ3) is 4.76. The predicted molar refractivity (Wildman–Crippen MR) is 103 cm³/mol. The van der Waals surface area contributed by atoms with Gasteiger partial charge in [-0.15, -0.1) is 0 Å². The first-order valence-electron chi connectivity index (χ1n) is 8.23. The SMILES string of the molecule is COc1cccc(N([C@H](C)C(=O)N[C@@H](C)c2ccccc2)S(C)(=O)=O)c1. The molecule has 0 saturated heterocycles. The molecule has 0 radical (unpaired) electrons. The fourth-order valence-electron chi connectivity index (χ4n) is 2.72. The summed E-state index contributed by atoms with van der Waals surface area (Å²) in [5, 5.41) is 2.87. The Labute approximate surface area is 154 Å². The van der Waals surface area contributed by atoms with Gasteiger partial charge in [0.1, 0.15) is 11.8 Å². The lowest BCUT2D eigenvalue weighted by Gasteiger charge is -2.29. The van der Waals surface area contributed by atoms with Gasteiger partial charge in [-0.1, -0.05) is 36.4 Å². The molecule has 0 bridgehead atoms. The molecule has 2 aromatic carbocycles. The second kappa shape index (κ2) is 8.23. The minimum Gasteiger partial charge on any atom is -0.497 e. The predicted octanol–water partition coefficient (Wildman–Crippen LogP) is 2.73. The van der Waals surface area contributed by atoms with E-state index >= 15 is 0 Å². The number of nitrogens with zero attached hydrogens (tertiary/aromatic N) is 1. The number of hydrogen-bond acceptors (Lipinski definition) is 4. The first kappa shape index (κ1) is 19.8.